The molecule has 5 heteroatoms. The van der Waals surface area contributed by atoms with Crippen LogP contribution in [0.15, 0.2) is 40.0 Å². The third-order valence-electron chi connectivity index (χ3n) is 3.30. The van der Waals surface area contributed by atoms with Crippen molar-refractivity contribution in [3.63, 3.8) is 0 Å². The summed E-state index contributed by atoms with van der Waals surface area (Å²) in [6.07, 6.45) is 3.67. The molecular weight excluding hydrogens is 254 g/mol. The van der Waals surface area contributed by atoms with E-state index in [9.17, 15) is 4.79 Å². The van der Waals surface area contributed by atoms with Crippen LogP contribution >= 0.6 is 0 Å². The van der Waals surface area contributed by atoms with Gasteiger partial charge >= 0.3 is 0 Å². The molecule has 0 amide bonds. The number of nitrogens with one attached hydrogen (secondary N) is 1. The first-order valence-corrected chi connectivity index (χ1v) is 6.54. The van der Waals surface area contributed by atoms with Gasteiger partial charge in [-0.15, -0.1) is 0 Å². The molecule has 0 aliphatic rings. The summed E-state index contributed by atoms with van der Waals surface area (Å²) in [6, 6.07) is 5.83. The van der Waals surface area contributed by atoms with Crippen LogP contribution in [-0.4, -0.2) is 15.1 Å². The lowest BCUT2D eigenvalue weighted by molar-refractivity contribution is 0.419. The third kappa shape index (κ3) is 2.34. The maximum Gasteiger partial charge on any atom is 0.258 e. The van der Waals surface area contributed by atoms with Gasteiger partial charge in [0.05, 0.1) is 17.1 Å². The third-order valence-corrected chi connectivity index (χ3v) is 3.30. The summed E-state index contributed by atoms with van der Waals surface area (Å²) in [4.78, 5) is 19.5. The molecule has 0 saturated heterocycles. The van der Waals surface area contributed by atoms with Gasteiger partial charge in [0.15, 0.2) is 0 Å². The van der Waals surface area contributed by atoms with Crippen LogP contribution in [0.4, 0.5) is 0 Å². The number of nitrogens with zero attached hydrogens (tertiary/aromatic N) is 2. The average molecular weight is 269 g/mol. The van der Waals surface area contributed by atoms with Crippen LogP contribution in [-0.2, 0) is 6.42 Å². The van der Waals surface area contributed by atoms with Crippen LogP contribution in [0.2, 0.25) is 0 Å². The standard InChI is InChI=1S/C15H15N3O2/c1-9(2)11-3-4-13-12(6-11)15(19)18-14(17-13)5-10-7-16-20-8-10/h3-4,6-9H,5H2,1-2H3,(H,17,18,19). The second-order valence-corrected chi connectivity index (χ2v) is 5.15. The van der Waals surface area contributed by atoms with Crippen LogP contribution in [0.3, 0.4) is 0 Å². The zero-order chi connectivity index (χ0) is 14.1. The van der Waals surface area contributed by atoms with Gasteiger partial charge in [0.2, 0.25) is 0 Å². The molecule has 0 spiro atoms. The Labute approximate surface area is 115 Å². The van der Waals surface area contributed by atoms with Crippen molar-refractivity contribution in [1.82, 2.24) is 15.1 Å². The predicted molar refractivity (Wildman–Crippen MR) is 75.8 cm³/mol. The first-order valence-electron chi connectivity index (χ1n) is 6.54. The smallest absolute Gasteiger partial charge is 0.258 e. The predicted octanol–water partition coefficient (Wildman–Crippen LogP) is 2.63. The van der Waals surface area contributed by atoms with Gasteiger partial charge in [0.25, 0.3) is 5.56 Å². The summed E-state index contributed by atoms with van der Waals surface area (Å²) in [5.41, 5.74) is 2.62. The summed E-state index contributed by atoms with van der Waals surface area (Å²) in [7, 11) is 0. The molecule has 0 bridgehead atoms. The molecule has 5 nitrogen and oxygen atoms in total. The highest BCUT2D eigenvalue weighted by Crippen LogP contribution is 2.18. The number of H-pyrrole nitrogens is 1. The average Bonchev–Trinajstić information content (AvgIpc) is 2.91. The van der Waals surface area contributed by atoms with Gasteiger partial charge in [0, 0.05) is 12.0 Å². The molecule has 2 heterocycles. The molecule has 1 aromatic carbocycles. The number of rotatable bonds is 3. The van der Waals surface area contributed by atoms with E-state index < -0.39 is 0 Å². The minimum Gasteiger partial charge on any atom is -0.364 e. The number of aromatic amines is 1. The molecule has 0 fully saturated rings. The van der Waals surface area contributed by atoms with Gasteiger partial charge in [0.1, 0.15) is 12.1 Å². The molecule has 0 unspecified atom stereocenters. The van der Waals surface area contributed by atoms with Gasteiger partial charge in [-0.05, 0) is 23.6 Å². The van der Waals surface area contributed by atoms with E-state index in [1.807, 2.05) is 18.2 Å². The van der Waals surface area contributed by atoms with Crippen molar-refractivity contribution in [2.45, 2.75) is 26.2 Å². The summed E-state index contributed by atoms with van der Waals surface area (Å²) in [6.45, 7) is 4.20. The Bertz CT molecular complexity index is 788. The first kappa shape index (κ1) is 12.6. The van der Waals surface area contributed by atoms with Crippen LogP contribution < -0.4 is 5.56 Å². The van der Waals surface area contributed by atoms with Crippen molar-refractivity contribution in [3.05, 3.63) is 58.0 Å². The second-order valence-electron chi connectivity index (χ2n) is 5.15. The van der Waals surface area contributed by atoms with E-state index >= 15 is 0 Å². The van der Waals surface area contributed by atoms with E-state index in [1.165, 1.54) is 0 Å². The van der Waals surface area contributed by atoms with Crippen LogP contribution in [0, 0.1) is 0 Å². The summed E-state index contributed by atoms with van der Waals surface area (Å²) < 4.78 is 4.78. The Morgan fingerprint density at radius 1 is 1.35 bits per heavy atom. The van der Waals surface area contributed by atoms with Gasteiger partial charge in [-0.2, -0.15) is 0 Å². The molecule has 0 aliphatic heterocycles. The molecule has 102 valence electrons. The van der Waals surface area contributed by atoms with Crippen LogP contribution in [0.25, 0.3) is 10.9 Å². The zero-order valence-electron chi connectivity index (χ0n) is 11.4. The number of hydrogen-bond donors (Lipinski definition) is 1. The van der Waals surface area contributed by atoms with Gasteiger partial charge in [-0.3, -0.25) is 4.79 Å². The Hall–Kier alpha value is -2.43. The van der Waals surface area contributed by atoms with Crippen molar-refractivity contribution >= 4 is 10.9 Å². The lowest BCUT2D eigenvalue weighted by Gasteiger charge is -2.07. The Morgan fingerprint density at radius 3 is 2.90 bits per heavy atom. The van der Waals surface area contributed by atoms with Gasteiger partial charge < -0.3 is 9.51 Å². The number of aromatic nitrogens is 3. The molecule has 20 heavy (non-hydrogen) atoms. The molecule has 2 aromatic heterocycles. The van der Waals surface area contributed by atoms with E-state index in [1.54, 1.807) is 12.5 Å². The maximum absolute atomic E-state index is 12.2. The Morgan fingerprint density at radius 2 is 2.20 bits per heavy atom. The van der Waals surface area contributed by atoms with Gasteiger partial charge in [-0.1, -0.05) is 25.1 Å². The molecule has 1 N–H and O–H groups in total. The van der Waals surface area contributed by atoms with Crippen molar-refractivity contribution in [3.8, 4) is 0 Å². The molecule has 3 rings (SSSR count). The summed E-state index contributed by atoms with van der Waals surface area (Å²) in [5.74, 6) is 0.999. The van der Waals surface area contributed by atoms with E-state index in [0.717, 1.165) is 11.1 Å². The molecule has 3 aromatic rings. The SMILES string of the molecule is CC(C)c1ccc2nc(Cc3cnoc3)[nH]c(=O)c2c1. The zero-order valence-corrected chi connectivity index (χ0v) is 11.4. The Kier molecular flexibility index (Phi) is 3.10. The van der Waals surface area contributed by atoms with E-state index in [4.69, 9.17) is 4.52 Å². The van der Waals surface area contributed by atoms with Gasteiger partial charge in [-0.25, -0.2) is 4.98 Å². The second kappa shape index (κ2) is 4.92. The van der Waals surface area contributed by atoms with Crippen molar-refractivity contribution in [2.75, 3.05) is 0 Å². The number of hydrogen-bond acceptors (Lipinski definition) is 4. The van der Waals surface area contributed by atoms with Crippen LogP contribution in [0.5, 0.6) is 0 Å². The minimum atomic E-state index is -0.107. The van der Waals surface area contributed by atoms with Crippen molar-refractivity contribution in [2.24, 2.45) is 0 Å². The lowest BCUT2D eigenvalue weighted by atomic mass is 10.0. The fraction of sp³-hybridized carbons (Fsp3) is 0.267. The number of fused-ring (bicyclic) bond motifs is 1. The Balaban J connectivity index is 2.06. The number of benzene rings is 1. The normalized spacial score (nSPS) is 11.3. The van der Waals surface area contributed by atoms with Crippen molar-refractivity contribution in [1.29, 1.82) is 0 Å². The van der Waals surface area contributed by atoms with E-state index in [2.05, 4.69) is 29.0 Å². The molecular formula is C15H15N3O2. The largest absolute Gasteiger partial charge is 0.364 e. The highest BCUT2D eigenvalue weighted by molar-refractivity contribution is 5.78. The van der Waals surface area contributed by atoms with E-state index in [-0.39, 0.29) is 5.56 Å². The minimum absolute atomic E-state index is 0.107. The monoisotopic (exact) mass is 269 g/mol. The molecule has 0 saturated carbocycles. The summed E-state index contributed by atoms with van der Waals surface area (Å²) >= 11 is 0. The highest BCUT2D eigenvalue weighted by Gasteiger charge is 2.08. The van der Waals surface area contributed by atoms with Crippen molar-refractivity contribution < 1.29 is 4.52 Å². The molecule has 0 aliphatic carbocycles. The topological polar surface area (TPSA) is 71.8 Å². The first-order chi connectivity index (χ1) is 9.63. The van der Waals surface area contributed by atoms with E-state index in [0.29, 0.717) is 29.1 Å². The summed E-state index contributed by atoms with van der Waals surface area (Å²) in [5, 5.41) is 4.27. The fourth-order valence-electron chi connectivity index (χ4n) is 2.15. The molecule has 0 atom stereocenters. The highest BCUT2D eigenvalue weighted by atomic mass is 16.5. The quantitative estimate of drug-likeness (QED) is 0.793. The fourth-order valence-corrected chi connectivity index (χ4v) is 2.15. The van der Waals surface area contributed by atoms with Crippen LogP contribution in [0.1, 0.15) is 36.7 Å². The molecule has 0 radical (unpaired) electrons. The maximum atomic E-state index is 12.2. The lowest BCUT2D eigenvalue weighted by Crippen LogP contribution is -2.12.